The molecule has 1 aliphatic rings. The molecular formula is C5H11NO. The Bertz CT molecular complexity index is 72.5. The molecule has 3 atom stereocenters. The van der Waals surface area contributed by atoms with Crippen LogP contribution in [0, 0.1) is 11.1 Å². The molecule has 0 saturated heterocycles. The van der Waals surface area contributed by atoms with E-state index in [2.05, 4.69) is 6.92 Å². The highest BCUT2D eigenvalue weighted by Crippen LogP contribution is 2.25. The van der Waals surface area contributed by atoms with Crippen molar-refractivity contribution in [2.45, 2.75) is 19.4 Å². The highest BCUT2D eigenvalue weighted by atomic mass is 16.5. The SMILES string of the molecule is C[C@H]1CC1[NH+](C)[O-]. The molecule has 0 aromatic rings. The summed E-state index contributed by atoms with van der Waals surface area (Å²) in [6.45, 7) is 2.12. The van der Waals surface area contributed by atoms with Crippen LogP contribution in [0.15, 0.2) is 0 Å². The molecule has 0 radical (unpaired) electrons. The molecule has 7 heavy (non-hydrogen) atoms. The Balaban J connectivity index is 2.20. The van der Waals surface area contributed by atoms with Crippen LogP contribution in [0.3, 0.4) is 0 Å². The van der Waals surface area contributed by atoms with Gasteiger partial charge in [0.2, 0.25) is 0 Å². The summed E-state index contributed by atoms with van der Waals surface area (Å²) in [4.78, 5) is 0. The first-order valence-corrected chi connectivity index (χ1v) is 2.72. The average Bonchev–Trinajstić information content (AvgIpc) is 2.17. The zero-order chi connectivity index (χ0) is 5.44. The zero-order valence-electron chi connectivity index (χ0n) is 4.77. The Hall–Kier alpha value is -0.0800. The van der Waals surface area contributed by atoms with E-state index >= 15 is 0 Å². The fourth-order valence-electron chi connectivity index (χ4n) is 0.889. The van der Waals surface area contributed by atoms with E-state index in [9.17, 15) is 5.21 Å². The van der Waals surface area contributed by atoms with Crippen LogP contribution in [0.5, 0.6) is 0 Å². The van der Waals surface area contributed by atoms with Crippen molar-refractivity contribution in [2.24, 2.45) is 5.92 Å². The minimum Gasteiger partial charge on any atom is -0.634 e. The second-order valence-corrected chi connectivity index (χ2v) is 2.43. The minimum absolute atomic E-state index is 0.368. The summed E-state index contributed by atoms with van der Waals surface area (Å²) in [5.41, 5.74) is 0. The highest BCUT2D eigenvalue weighted by Gasteiger charge is 2.37. The fourth-order valence-corrected chi connectivity index (χ4v) is 0.889. The van der Waals surface area contributed by atoms with Crippen LogP contribution in [0.1, 0.15) is 13.3 Å². The van der Waals surface area contributed by atoms with E-state index in [1.54, 1.807) is 7.05 Å². The first kappa shape index (κ1) is 5.06. The van der Waals surface area contributed by atoms with E-state index in [0.717, 1.165) is 6.42 Å². The third-order valence-electron chi connectivity index (χ3n) is 1.63. The summed E-state index contributed by atoms with van der Waals surface area (Å²) in [6.07, 6.45) is 1.13. The predicted octanol–water partition coefficient (Wildman–Crippen LogP) is -0.593. The first-order chi connectivity index (χ1) is 3.22. The van der Waals surface area contributed by atoms with Crippen molar-refractivity contribution in [3.05, 3.63) is 5.21 Å². The van der Waals surface area contributed by atoms with Crippen molar-refractivity contribution in [1.82, 2.24) is 0 Å². The Morgan fingerprint density at radius 1 is 1.71 bits per heavy atom. The number of rotatable bonds is 1. The van der Waals surface area contributed by atoms with Gasteiger partial charge in [0.05, 0.1) is 13.1 Å². The quantitative estimate of drug-likeness (QED) is 0.439. The molecule has 2 heteroatoms. The molecule has 1 saturated carbocycles. The lowest BCUT2D eigenvalue weighted by Gasteiger charge is -2.14. The molecule has 1 aliphatic carbocycles. The van der Waals surface area contributed by atoms with Crippen molar-refractivity contribution in [1.29, 1.82) is 0 Å². The largest absolute Gasteiger partial charge is 0.634 e. The Kier molecular flexibility index (Phi) is 1.05. The Morgan fingerprint density at radius 2 is 2.14 bits per heavy atom. The molecule has 0 spiro atoms. The standard InChI is InChI=1S/C5H11NO/c1-4-3-5(4)6(2)7/h4-6H,3H2,1-2H3/t4-,5?/m0/s1. The molecule has 42 valence electrons. The molecule has 0 amide bonds. The summed E-state index contributed by atoms with van der Waals surface area (Å²) in [6, 6.07) is 0.431. The summed E-state index contributed by atoms with van der Waals surface area (Å²) < 4.78 is 0. The molecule has 0 bridgehead atoms. The topological polar surface area (TPSA) is 27.5 Å². The van der Waals surface area contributed by atoms with Crippen molar-refractivity contribution in [2.75, 3.05) is 7.05 Å². The van der Waals surface area contributed by atoms with E-state index in [4.69, 9.17) is 0 Å². The summed E-state index contributed by atoms with van der Waals surface area (Å²) in [5, 5.41) is 10.8. The molecule has 2 unspecified atom stereocenters. The van der Waals surface area contributed by atoms with Gasteiger partial charge in [0.1, 0.15) is 0 Å². The van der Waals surface area contributed by atoms with Gasteiger partial charge in [0.15, 0.2) is 0 Å². The fraction of sp³-hybridized carbons (Fsp3) is 1.00. The zero-order valence-corrected chi connectivity index (χ0v) is 4.77. The highest BCUT2D eigenvalue weighted by molar-refractivity contribution is 4.81. The monoisotopic (exact) mass is 101 g/mol. The van der Waals surface area contributed by atoms with Crippen molar-refractivity contribution >= 4 is 0 Å². The van der Waals surface area contributed by atoms with Crippen molar-refractivity contribution < 1.29 is 5.06 Å². The third kappa shape index (κ3) is 0.924. The summed E-state index contributed by atoms with van der Waals surface area (Å²) >= 11 is 0. The molecule has 0 aromatic heterocycles. The predicted molar refractivity (Wildman–Crippen MR) is 27.8 cm³/mol. The van der Waals surface area contributed by atoms with Crippen LogP contribution < -0.4 is 5.06 Å². The first-order valence-electron chi connectivity index (χ1n) is 2.72. The molecule has 1 rings (SSSR count). The van der Waals surface area contributed by atoms with Gasteiger partial charge in [0.25, 0.3) is 0 Å². The van der Waals surface area contributed by atoms with Gasteiger partial charge in [0, 0.05) is 12.3 Å². The lowest BCUT2D eigenvalue weighted by atomic mass is 10.5. The van der Waals surface area contributed by atoms with E-state index in [0.29, 0.717) is 17.0 Å². The van der Waals surface area contributed by atoms with Crippen LogP contribution in [-0.2, 0) is 0 Å². The van der Waals surface area contributed by atoms with Crippen LogP contribution in [0.25, 0.3) is 0 Å². The third-order valence-corrected chi connectivity index (χ3v) is 1.63. The lowest BCUT2D eigenvalue weighted by Crippen LogP contribution is -3.05. The summed E-state index contributed by atoms with van der Waals surface area (Å²) in [5.74, 6) is 0.692. The van der Waals surface area contributed by atoms with Crippen LogP contribution >= 0.6 is 0 Å². The van der Waals surface area contributed by atoms with Gasteiger partial charge >= 0.3 is 0 Å². The van der Waals surface area contributed by atoms with E-state index < -0.39 is 0 Å². The second-order valence-electron chi connectivity index (χ2n) is 2.43. The number of quaternary nitrogens is 1. The normalized spacial score (nSPS) is 43.3. The van der Waals surface area contributed by atoms with Gasteiger partial charge in [-0.15, -0.1) is 0 Å². The molecule has 0 aromatic carbocycles. The molecule has 0 aliphatic heterocycles. The van der Waals surface area contributed by atoms with E-state index in [1.165, 1.54) is 0 Å². The lowest BCUT2D eigenvalue weighted by molar-refractivity contribution is -0.839. The Labute approximate surface area is 43.7 Å². The van der Waals surface area contributed by atoms with Gasteiger partial charge < -0.3 is 10.3 Å². The van der Waals surface area contributed by atoms with Gasteiger partial charge in [-0.25, -0.2) is 0 Å². The molecular weight excluding hydrogens is 90.1 g/mol. The van der Waals surface area contributed by atoms with Gasteiger partial charge in [-0.2, -0.15) is 0 Å². The van der Waals surface area contributed by atoms with Crippen LogP contribution in [-0.4, -0.2) is 13.1 Å². The maximum atomic E-state index is 10.4. The van der Waals surface area contributed by atoms with Crippen LogP contribution in [0.4, 0.5) is 0 Å². The smallest absolute Gasteiger partial charge is 0.0902 e. The van der Waals surface area contributed by atoms with Gasteiger partial charge in [-0.3, -0.25) is 0 Å². The van der Waals surface area contributed by atoms with Gasteiger partial charge in [-0.05, 0) is 0 Å². The molecule has 1 N–H and O–H groups in total. The number of hydrogen-bond donors (Lipinski definition) is 1. The van der Waals surface area contributed by atoms with Crippen molar-refractivity contribution in [3.8, 4) is 0 Å². The number of nitrogens with one attached hydrogen (secondary N) is 1. The van der Waals surface area contributed by atoms with E-state index in [1.807, 2.05) is 0 Å². The van der Waals surface area contributed by atoms with Crippen LogP contribution in [0.2, 0.25) is 0 Å². The van der Waals surface area contributed by atoms with Crippen molar-refractivity contribution in [3.63, 3.8) is 0 Å². The maximum Gasteiger partial charge on any atom is 0.0902 e. The Morgan fingerprint density at radius 3 is 2.14 bits per heavy atom. The average molecular weight is 101 g/mol. The molecule has 1 fully saturated rings. The number of hydrogen-bond acceptors (Lipinski definition) is 1. The minimum atomic E-state index is 0.368. The maximum absolute atomic E-state index is 10.4. The number of hydroxylamine groups is 2. The molecule has 2 nitrogen and oxygen atoms in total. The summed E-state index contributed by atoms with van der Waals surface area (Å²) in [7, 11) is 1.67. The second kappa shape index (κ2) is 1.46. The van der Waals surface area contributed by atoms with Gasteiger partial charge in [-0.1, -0.05) is 6.92 Å². The molecule has 0 heterocycles. The van der Waals surface area contributed by atoms with E-state index in [-0.39, 0.29) is 0 Å².